The van der Waals surface area contributed by atoms with Crippen molar-refractivity contribution in [2.24, 2.45) is 5.10 Å². The van der Waals surface area contributed by atoms with Gasteiger partial charge in [-0.05, 0) is 24.4 Å². The lowest BCUT2D eigenvalue weighted by Crippen LogP contribution is -2.30. The van der Waals surface area contributed by atoms with Crippen molar-refractivity contribution >= 4 is 34.0 Å². The highest BCUT2D eigenvalue weighted by atomic mass is 32.1. The number of rotatable bonds is 2. The fraction of sp³-hybridized carbons (Fsp3) is 0.0909. The van der Waals surface area contributed by atoms with Gasteiger partial charge in [0.25, 0.3) is 5.69 Å². The summed E-state index contributed by atoms with van der Waals surface area (Å²) in [7, 11) is 1.67. The van der Waals surface area contributed by atoms with Gasteiger partial charge in [0.15, 0.2) is 5.11 Å². The molecule has 1 heterocycles. The predicted molar refractivity (Wildman–Crippen MR) is 73.2 cm³/mol. The van der Waals surface area contributed by atoms with E-state index in [4.69, 9.17) is 16.6 Å². The van der Waals surface area contributed by atoms with E-state index in [1.807, 2.05) is 0 Å². The van der Waals surface area contributed by atoms with Gasteiger partial charge >= 0.3 is 0 Å². The van der Waals surface area contributed by atoms with E-state index in [1.54, 1.807) is 19.2 Å². The Labute approximate surface area is 113 Å². The van der Waals surface area contributed by atoms with Crippen molar-refractivity contribution in [3.63, 3.8) is 0 Å². The van der Waals surface area contributed by atoms with E-state index in [-0.39, 0.29) is 5.69 Å². The number of nitrogens with one attached hydrogen (secondary N) is 2. The van der Waals surface area contributed by atoms with Crippen LogP contribution < -0.4 is 16.3 Å². The van der Waals surface area contributed by atoms with E-state index < -0.39 is 4.92 Å². The molecular weight excluding hydrogens is 268 g/mol. The zero-order valence-electron chi connectivity index (χ0n) is 9.91. The zero-order chi connectivity index (χ0) is 13.8. The van der Waals surface area contributed by atoms with Crippen LogP contribution in [0.1, 0.15) is 0 Å². The molecule has 19 heavy (non-hydrogen) atoms. The van der Waals surface area contributed by atoms with E-state index in [2.05, 4.69) is 15.8 Å². The molecule has 0 aliphatic rings. The molecule has 98 valence electrons. The maximum atomic E-state index is 10.6. The van der Waals surface area contributed by atoms with E-state index >= 15 is 0 Å². The van der Waals surface area contributed by atoms with Crippen LogP contribution >= 0.6 is 12.2 Å². The van der Waals surface area contributed by atoms with Gasteiger partial charge in [0.1, 0.15) is 5.58 Å². The molecule has 1 aromatic carbocycles. The Balaban J connectivity index is 2.39. The van der Waals surface area contributed by atoms with Crippen molar-refractivity contribution in [1.82, 2.24) is 10.7 Å². The molecule has 0 radical (unpaired) electrons. The van der Waals surface area contributed by atoms with Crippen molar-refractivity contribution < 1.29 is 9.34 Å². The van der Waals surface area contributed by atoms with Gasteiger partial charge in [-0.2, -0.15) is 0 Å². The molecule has 0 unspecified atom stereocenters. The van der Waals surface area contributed by atoms with Gasteiger partial charge in [-0.3, -0.25) is 15.5 Å². The van der Waals surface area contributed by atoms with Gasteiger partial charge < -0.3 is 9.73 Å². The van der Waals surface area contributed by atoms with Crippen molar-refractivity contribution in [3.8, 4) is 0 Å². The number of hydrogen-bond acceptors (Lipinski definition) is 5. The summed E-state index contributed by atoms with van der Waals surface area (Å²) < 4.78 is 5.45. The summed E-state index contributed by atoms with van der Waals surface area (Å²) >= 11 is 4.86. The molecule has 0 amide bonds. The summed E-state index contributed by atoms with van der Waals surface area (Å²) in [6, 6.07) is 7.63. The second-order valence-corrected chi connectivity index (χ2v) is 3.96. The van der Waals surface area contributed by atoms with Gasteiger partial charge in [-0.15, -0.1) is 5.10 Å². The Morgan fingerprint density at radius 3 is 2.89 bits per heavy atom. The highest BCUT2D eigenvalue weighted by Gasteiger charge is 2.06. The fourth-order valence-electron chi connectivity index (χ4n) is 1.40. The molecule has 2 rings (SSSR count). The van der Waals surface area contributed by atoms with Crippen molar-refractivity contribution in [2.45, 2.75) is 0 Å². The first-order valence-electron chi connectivity index (χ1n) is 5.30. The molecule has 0 bridgehead atoms. The molecule has 1 aromatic heterocycles. The van der Waals surface area contributed by atoms with Crippen LogP contribution in [0.25, 0.3) is 11.0 Å². The van der Waals surface area contributed by atoms with Gasteiger partial charge in [-0.1, -0.05) is 0 Å². The Morgan fingerprint density at radius 1 is 1.42 bits per heavy atom. The molecule has 0 aliphatic carbocycles. The third kappa shape index (κ3) is 3.05. The van der Waals surface area contributed by atoms with Crippen LogP contribution in [0, 0.1) is 10.1 Å². The minimum Gasteiger partial charge on any atom is -0.437 e. The molecule has 0 aliphatic heterocycles. The monoisotopic (exact) mass is 278 g/mol. The van der Waals surface area contributed by atoms with Crippen LogP contribution in [0.3, 0.4) is 0 Å². The molecule has 8 heteroatoms. The third-order valence-electron chi connectivity index (χ3n) is 2.32. The number of non-ortho nitro benzene ring substituents is 1. The molecule has 0 saturated carbocycles. The van der Waals surface area contributed by atoms with Gasteiger partial charge in [0.2, 0.25) is 5.55 Å². The summed E-state index contributed by atoms with van der Waals surface area (Å²) in [5.41, 5.74) is 3.42. The minimum absolute atomic E-state index is 0.0156. The number of hydrogen-bond donors (Lipinski definition) is 2. The molecule has 0 atom stereocenters. The molecule has 0 spiro atoms. The Morgan fingerprint density at radius 2 is 2.21 bits per heavy atom. The minimum atomic E-state index is -0.454. The fourth-order valence-corrected chi connectivity index (χ4v) is 1.45. The largest absolute Gasteiger partial charge is 0.437 e. The highest BCUT2D eigenvalue weighted by Crippen LogP contribution is 2.18. The Bertz CT molecular complexity index is 710. The van der Waals surface area contributed by atoms with Gasteiger partial charge in [0, 0.05) is 30.6 Å². The number of fused-ring (bicyclic) bond motifs is 1. The quantitative estimate of drug-likeness (QED) is 0.488. The molecule has 0 saturated heterocycles. The molecule has 7 nitrogen and oxygen atoms in total. The summed E-state index contributed by atoms with van der Waals surface area (Å²) in [6.07, 6.45) is 0. The van der Waals surface area contributed by atoms with Crippen LogP contribution in [0.4, 0.5) is 5.69 Å². The third-order valence-corrected chi connectivity index (χ3v) is 2.61. The topological polar surface area (TPSA) is 92.7 Å². The number of benzene rings is 1. The molecular formula is C11H10N4O3S. The first-order chi connectivity index (χ1) is 9.10. The maximum absolute atomic E-state index is 10.6. The summed E-state index contributed by atoms with van der Waals surface area (Å²) in [6.45, 7) is 0. The standard InChI is InChI=1S/C11H10N4O3S/c1-12-11(19)14-13-10-5-2-7-6-8(15(16)17)3-4-9(7)18-10/h2-6H,1H3,(H2,12,14,19)/b13-10-. The average molecular weight is 278 g/mol. The van der Waals surface area contributed by atoms with Crippen LogP contribution in [-0.4, -0.2) is 17.1 Å². The Kier molecular flexibility index (Phi) is 3.71. The second-order valence-electron chi connectivity index (χ2n) is 3.56. The van der Waals surface area contributed by atoms with E-state index in [1.165, 1.54) is 18.2 Å². The molecule has 0 fully saturated rings. The normalized spacial score (nSPS) is 11.3. The lowest BCUT2D eigenvalue weighted by Gasteiger charge is -2.00. The van der Waals surface area contributed by atoms with Crippen LogP contribution in [-0.2, 0) is 0 Å². The SMILES string of the molecule is CNC(=S)N/N=c1/ccc2cc([N+](=O)[O-])ccc2o1. The van der Waals surface area contributed by atoms with Crippen LogP contribution in [0.15, 0.2) is 39.9 Å². The number of thiocarbonyl (C=S) groups is 1. The lowest BCUT2D eigenvalue weighted by atomic mass is 10.2. The van der Waals surface area contributed by atoms with Crippen molar-refractivity contribution in [1.29, 1.82) is 0 Å². The van der Waals surface area contributed by atoms with Crippen molar-refractivity contribution in [2.75, 3.05) is 7.05 Å². The molecule has 2 aromatic rings. The highest BCUT2D eigenvalue weighted by molar-refractivity contribution is 7.80. The first kappa shape index (κ1) is 13.0. The smallest absolute Gasteiger partial charge is 0.270 e. The first-order valence-corrected chi connectivity index (χ1v) is 5.71. The number of nitrogens with zero attached hydrogens (tertiary/aromatic N) is 2. The average Bonchev–Trinajstić information content (AvgIpc) is 2.43. The Hall–Kier alpha value is -2.48. The summed E-state index contributed by atoms with van der Waals surface area (Å²) in [5, 5.41) is 18.3. The zero-order valence-corrected chi connectivity index (χ0v) is 10.7. The molecule has 2 N–H and O–H groups in total. The van der Waals surface area contributed by atoms with Crippen LogP contribution in [0.5, 0.6) is 0 Å². The lowest BCUT2D eigenvalue weighted by molar-refractivity contribution is -0.384. The van der Waals surface area contributed by atoms with Crippen molar-refractivity contribution in [3.05, 3.63) is 46.0 Å². The van der Waals surface area contributed by atoms with E-state index in [9.17, 15) is 10.1 Å². The number of nitro groups is 1. The van der Waals surface area contributed by atoms with E-state index in [0.717, 1.165) is 0 Å². The van der Waals surface area contributed by atoms with Crippen LogP contribution in [0.2, 0.25) is 0 Å². The summed E-state index contributed by atoms with van der Waals surface area (Å²) in [4.78, 5) is 10.2. The van der Waals surface area contributed by atoms with E-state index in [0.29, 0.717) is 21.6 Å². The van der Waals surface area contributed by atoms with Gasteiger partial charge in [-0.25, -0.2) is 0 Å². The maximum Gasteiger partial charge on any atom is 0.270 e. The summed E-state index contributed by atoms with van der Waals surface area (Å²) in [5.74, 6) is 0. The number of nitro benzene ring substituents is 1. The predicted octanol–water partition coefficient (Wildman–Crippen LogP) is 1.25. The van der Waals surface area contributed by atoms with Gasteiger partial charge in [0.05, 0.1) is 4.92 Å². The second kappa shape index (κ2) is 5.44.